The zero-order chi connectivity index (χ0) is 29.4. The van der Waals surface area contributed by atoms with Crippen LogP contribution in [0.1, 0.15) is 44.9 Å². The van der Waals surface area contributed by atoms with Crippen LogP contribution in [0.3, 0.4) is 0 Å². The van der Waals surface area contributed by atoms with E-state index in [1.165, 1.54) is 34.1 Å². The van der Waals surface area contributed by atoms with Crippen LogP contribution in [0.15, 0.2) is 85.5 Å². The minimum absolute atomic E-state index is 0.229. The molecule has 0 spiro atoms. The highest BCUT2D eigenvalue weighted by Gasteiger charge is 2.31. The van der Waals surface area contributed by atoms with Gasteiger partial charge in [-0.3, -0.25) is 19.2 Å². The van der Waals surface area contributed by atoms with Gasteiger partial charge in [0.25, 0.3) is 23.6 Å². The van der Waals surface area contributed by atoms with E-state index in [9.17, 15) is 19.2 Å². The lowest BCUT2D eigenvalue weighted by molar-refractivity contribution is -0.121. The second-order valence-electron chi connectivity index (χ2n) is 10.3. The van der Waals surface area contributed by atoms with E-state index >= 15 is 0 Å². The number of hydrogen-bond acceptors (Lipinski definition) is 5. The Bertz CT molecular complexity index is 1500. The molecule has 41 heavy (non-hydrogen) atoms. The highest BCUT2D eigenvalue weighted by atomic mass is 16.5. The molecule has 7 nitrogen and oxygen atoms in total. The Morgan fingerprint density at radius 1 is 0.634 bits per heavy atom. The third kappa shape index (κ3) is 5.02. The Kier molecular flexibility index (Phi) is 7.28. The Balaban J connectivity index is 1.64. The summed E-state index contributed by atoms with van der Waals surface area (Å²) in [6, 6.07) is 15.9. The van der Waals surface area contributed by atoms with Gasteiger partial charge in [0.1, 0.15) is 12.4 Å². The standard InChI is InChI=1S/C34H30N2O5/c1-6-15-41-27-9-7-24(8-10-27)32(25-16-20(2)33(21(3)17-25)35-28(37)11-12-29(35)38)26-18-22(4)34(23(5)19-26)36-30(39)13-14-31(36)40/h6-14,16-19,32H,1,15H2,2-5H3. The van der Waals surface area contributed by atoms with Crippen LogP contribution in [0.5, 0.6) is 5.75 Å². The molecule has 2 heterocycles. The molecule has 0 atom stereocenters. The second kappa shape index (κ2) is 10.8. The average Bonchev–Trinajstić information content (AvgIpc) is 3.43. The maximum atomic E-state index is 12.5. The van der Waals surface area contributed by atoms with E-state index in [1.807, 2.05) is 76.2 Å². The average molecular weight is 547 g/mol. The number of carbonyl (C=O) groups is 4. The molecule has 0 aliphatic carbocycles. The molecule has 5 rings (SSSR count). The van der Waals surface area contributed by atoms with Crippen LogP contribution in [-0.2, 0) is 19.2 Å². The number of ether oxygens (including phenoxy) is 1. The number of amides is 4. The predicted molar refractivity (Wildman–Crippen MR) is 158 cm³/mol. The number of nitrogens with zero attached hydrogens (tertiary/aromatic N) is 2. The highest BCUT2D eigenvalue weighted by molar-refractivity contribution is 6.29. The molecule has 3 aromatic carbocycles. The summed E-state index contributed by atoms with van der Waals surface area (Å²) >= 11 is 0. The van der Waals surface area contributed by atoms with Crippen LogP contribution < -0.4 is 14.5 Å². The largest absolute Gasteiger partial charge is 0.490 e. The summed E-state index contributed by atoms with van der Waals surface area (Å²) in [7, 11) is 0. The molecule has 206 valence electrons. The molecule has 0 aromatic heterocycles. The fourth-order valence-electron chi connectivity index (χ4n) is 5.75. The van der Waals surface area contributed by atoms with Crippen molar-refractivity contribution < 1.29 is 23.9 Å². The molecular formula is C34H30N2O5. The maximum Gasteiger partial charge on any atom is 0.258 e. The van der Waals surface area contributed by atoms with Crippen molar-refractivity contribution in [2.75, 3.05) is 16.4 Å². The minimum Gasteiger partial charge on any atom is -0.490 e. The molecular weight excluding hydrogens is 516 g/mol. The van der Waals surface area contributed by atoms with Crippen LogP contribution in [0.2, 0.25) is 0 Å². The Morgan fingerprint density at radius 2 is 1.00 bits per heavy atom. The lowest BCUT2D eigenvalue weighted by atomic mass is 9.82. The van der Waals surface area contributed by atoms with Crippen molar-refractivity contribution >= 4 is 35.0 Å². The van der Waals surface area contributed by atoms with E-state index in [2.05, 4.69) is 6.58 Å². The van der Waals surface area contributed by atoms with E-state index in [1.54, 1.807) is 6.08 Å². The third-order valence-corrected chi connectivity index (χ3v) is 7.34. The van der Waals surface area contributed by atoms with Crippen molar-refractivity contribution in [1.29, 1.82) is 0 Å². The van der Waals surface area contributed by atoms with Crippen molar-refractivity contribution in [3.63, 3.8) is 0 Å². The fourth-order valence-corrected chi connectivity index (χ4v) is 5.75. The summed E-state index contributed by atoms with van der Waals surface area (Å²) < 4.78 is 5.69. The first-order valence-electron chi connectivity index (χ1n) is 13.3. The SMILES string of the molecule is C=CCOc1ccc(C(c2cc(C)c(N3C(=O)C=CC3=O)c(C)c2)c2cc(C)c(N3C(=O)C=CC3=O)c(C)c2)cc1. The Hall–Kier alpha value is -5.04. The zero-order valence-electron chi connectivity index (χ0n) is 23.4. The normalized spacial score (nSPS) is 14.7. The lowest BCUT2D eigenvalue weighted by Gasteiger charge is -2.26. The van der Waals surface area contributed by atoms with Crippen molar-refractivity contribution in [2.45, 2.75) is 33.6 Å². The van der Waals surface area contributed by atoms with Crippen LogP contribution in [0.25, 0.3) is 0 Å². The third-order valence-electron chi connectivity index (χ3n) is 7.34. The number of aryl methyl sites for hydroxylation is 4. The molecule has 0 radical (unpaired) electrons. The minimum atomic E-state index is -0.358. The maximum absolute atomic E-state index is 12.5. The van der Waals surface area contributed by atoms with Crippen molar-refractivity contribution in [3.8, 4) is 5.75 Å². The van der Waals surface area contributed by atoms with E-state index < -0.39 is 0 Å². The van der Waals surface area contributed by atoms with E-state index in [4.69, 9.17) is 4.74 Å². The van der Waals surface area contributed by atoms with Crippen LogP contribution >= 0.6 is 0 Å². The zero-order valence-corrected chi connectivity index (χ0v) is 23.4. The van der Waals surface area contributed by atoms with Gasteiger partial charge in [-0.05, 0) is 78.8 Å². The molecule has 0 unspecified atom stereocenters. The topological polar surface area (TPSA) is 84.0 Å². The monoisotopic (exact) mass is 546 g/mol. The van der Waals surface area contributed by atoms with Crippen LogP contribution in [-0.4, -0.2) is 30.2 Å². The molecule has 4 amide bonds. The molecule has 7 heteroatoms. The van der Waals surface area contributed by atoms with Gasteiger partial charge in [0.05, 0.1) is 11.4 Å². The molecule has 2 aliphatic rings. The van der Waals surface area contributed by atoms with E-state index in [0.717, 1.165) is 44.7 Å². The van der Waals surface area contributed by atoms with Crippen molar-refractivity contribution in [2.24, 2.45) is 0 Å². The van der Waals surface area contributed by atoms with Gasteiger partial charge in [-0.2, -0.15) is 0 Å². The molecule has 2 aliphatic heterocycles. The second-order valence-corrected chi connectivity index (χ2v) is 10.3. The lowest BCUT2D eigenvalue weighted by Crippen LogP contribution is -2.31. The molecule has 0 fully saturated rings. The van der Waals surface area contributed by atoms with Gasteiger partial charge in [0, 0.05) is 30.2 Å². The van der Waals surface area contributed by atoms with Gasteiger partial charge >= 0.3 is 0 Å². The van der Waals surface area contributed by atoms with Crippen LogP contribution in [0.4, 0.5) is 11.4 Å². The summed E-state index contributed by atoms with van der Waals surface area (Å²) in [6.07, 6.45) is 6.82. The number of rotatable bonds is 8. The van der Waals surface area contributed by atoms with Gasteiger partial charge < -0.3 is 4.74 Å². The van der Waals surface area contributed by atoms with Gasteiger partial charge in [0.2, 0.25) is 0 Å². The number of benzene rings is 3. The summed E-state index contributed by atoms with van der Waals surface area (Å²) in [6.45, 7) is 11.7. The van der Waals surface area contributed by atoms with Crippen molar-refractivity contribution in [1.82, 2.24) is 0 Å². The van der Waals surface area contributed by atoms with Gasteiger partial charge in [-0.25, -0.2) is 9.80 Å². The quantitative estimate of drug-likeness (QED) is 0.211. The van der Waals surface area contributed by atoms with Crippen LogP contribution in [0, 0.1) is 27.7 Å². The number of hydrogen-bond donors (Lipinski definition) is 0. The Labute approximate surface area is 239 Å². The van der Waals surface area contributed by atoms with Gasteiger partial charge in [0.15, 0.2) is 0 Å². The summed E-state index contributed by atoms with van der Waals surface area (Å²) in [4.78, 5) is 52.3. The molecule has 3 aromatic rings. The summed E-state index contributed by atoms with van der Waals surface area (Å²) in [5.41, 5.74) is 7.30. The molecule has 0 saturated carbocycles. The number of imide groups is 2. The first-order chi connectivity index (χ1) is 19.6. The highest BCUT2D eigenvalue weighted by Crippen LogP contribution is 2.40. The number of anilines is 2. The first kappa shape index (κ1) is 27.5. The first-order valence-corrected chi connectivity index (χ1v) is 13.3. The molecule has 0 bridgehead atoms. The summed E-state index contributed by atoms with van der Waals surface area (Å²) in [5.74, 6) is -0.945. The summed E-state index contributed by atoms with van der Waals surface area (Å²) in [5, 5.41) is 0. The fraction of sp³-hybridized carbons (Fsp3) is 0.176. The smallest absolute Gasteiger partial charge is 0.258 e. The molecule has 0 saturated heterocycles. The predicted octanol–water partition coefficient (Wildman–Crippen LogP) is 5.52. The van der Waals surface area contributed by atoms with E-state index in [0.29, 0.717) is 18.0 Å². The van der Waals surface area contributed by atoms with E-state index in [-0.39, 0.29) is 29.5 Å². The van der Waals surface area contributed by atoms with Gasteiger partial charge in [-0.15, -0.1) is 0 Å². The number of carbonyl (C=O) groups excluding carboxylic acids is 4. The molecule has 0 N–H and O–H groups in total. The van der Waals surface area contributed by atoms with Gasteiger partial charge in [-0.1, -0.05) is 49.1 Å². The van der Waals surface area contributed by atoms with Crippen molar-refractivity contribution in [3.05, 3.63) is 124 Å². The Morgan fingerprint density at radius 3 is 1.34 bits per heavy atom.